The minimum absolute atomic E-state index is 0.216. The van der Waals surface area contributed by atoms with E-state index in [0.29, 0.717) is 5.92 Å². The Morgan fingerprint density at radius 1 is 1.20 bits per heavy atom. The summed E-state index contributed by atoms with van der Waals surface area (Å²) in [6.07, 6.45) is 1.13. The van der Waals surface area contributed by atoms with Crippen LogP contribution in [0.3, 0.4) is 0 Å². The van der Waals surface area contributed by atoms with E-state index < -0.39 is 0 Å². The molecule has 108 valence electrons. The summed E-state index contributed by atoms with van der Waals surface area (Å²) in [6, 6.07) is 8.98. The third-order valence-electron chi connectivity index (χ3n) is 3.39. The molecule has 0 aliphatic heterocycles. The van der Waals surface area contributed by atoms with Crippen molar-refractivity contribution in [3.8, 4) is 0 Å². The van der Waals surface area contributed by atoms with E-state index in [4.69, 9.17) is 4.98 Å². The van der Waals surface area contributed by atoms with Gasteiger partial charge in [-0.3, -0.25) is 0 Å². The Hall–Kier alpha value is -1.19. The van der Waals surface area contributed by atoms with Crippen molar-refractivity contribution in [1.29, 1.82) is 0 Å². The van der Waals surface area contributed by atoms with Crippen LogP contribution in [0.4, 0.5) is 0 Å². The average molecular weight is 288 g/mol. The van der Waals surface area contributed by atoms with E-state index in [0.717, 1.165) is 13.0 Å². The molecule has 0 saturated carbocycles. The zero-order chi connectivity index (χ0) is 14.5. The minimum Gasteiger partial charge on any atom is -0.304 e. The molecule has 0 fully saturated rings. The Bertz CT molecular complexity index is 528. The van der Waals surface area contributed by atoms with Crippen LogP contribution >= 0.6 is 11.3 Å². The van der Waals surface area contributed by atoms with Crippen LogP contribution in [0, 0.1) is 6.92 Å². The largest absolute Gasteiger partial charge is 0.304 e. The molecule has 0 radical (unpaired) electrons. The van der Waals surface area contributed by atoms with Crippen LogP contribution in [0.15, 0.2) is 29.6 Å². The van der Waals surface area contributed by atoms with E-state index in [1.54, 1.807) is 11.3 Å². The van der Waals surface area contributed by atoms with E-state index in [-0.39, 0.29) is 6.04 Å². The maximum atomic E-state index is 4.82. The standard InChI is InChI=1S/C17H24N2S/c1-5-10-18-16(14-8-6-13(4)7-9-14)17-19-15(11-20-17)12(2)3/h6-9,11-12,16,18H,5,10H2,1-4H3. The summed E-state index contributed by atoms with van der Waals surface area (Å²) in [5.41, 5.74) is 3.79. The fourth-order valence-corrected chi connectivity index (χ4v) is 3.17. The van der Waals surface area contributed by atoms with Gasteiger partial charge in [0.25, 0.3) is 0 Å². The van der Waals surface area contributed by atoms with Crippen molar-refractivity contribution < 1.29 is 0 Å². The molecule has 0 saturated heterocycles. The zero-order valence-electron chi connectivity index (χ0n) is 12.8. The molecule has 20 heavy (non-hydrogen) atoms. The van der Waals surface area contributed by atoms with Crippen molar-refractivity contribution in [2.24, 2.45) is 0 Å². The third-order valence-corrected chi connectivity index (χ3v) is 4.32. The lowest BCUT2D eigenvalue weighted by Crippen LogP contribution is -2.23. The van der Waals surface area contributed by atoms with Crippen molar-refractivity contribution in [2.75, 3.05) is 6.54 Å². The van der Waals surface area contributed by atoms with Gasteiger partial charge >= 0.3 is 0 Å². The summed E-state index contributed by atoms with van der Waals surface area (Å²) >= 11 is 1.76. The van der Waals surface area contributed by atoms with Gasteiger partial charge in [-0.1, -0.05) is 50.6 Å². The van der Waals surface area contributed by atoms with Gasteiger partial charge in [0.2, 0.25) is 0 Å². The van der Waals surface area contributed by atoms with Gasteiger partial charge in [0, 0.05) is 5.38 Å². The normalized spacial score (nSPS) is 12.8. The molecule has 0 aliphatic rings. The first-order valence-corrected chi connectivity index (χ1v) is 8.25. The Labute approximate surface area is 126 Å². The molecule has 2 aromatic rings. The highest BCUT2D eigenvalue weighted by atomic mass is 32.1. The average Bonchev–Trinajstić information content (AvgIpc) is 2.91. The van der Waals surface area contributed by atoms with Crippen molar-refractivity contribution in [2.45, 2.75) is 46.1 Å². The first kappa shape index (κ1) is 15.2. The quantitative estimate of drug-likeness (QED) is 0.836. The predicted octanol–water partition coefficient (Wildman–Crippen LogP) is 4.66. The number of benzene rings is 1. The molecule has 1 aromatic carbocycles. The highest BCUT2D eigenvalue weighted by Crippen LogP contribution is 2.27. The number of nitrogens with zero attached hydrogens (tertiary/aromatic N) is 1. The number of aryl methyl sites for hydroxylation is 1. The second kappa shape index (κ2) is 7.00. The molecular weight excluding hydrogens is 264 g/mol. The third kappa shape index (κ3) is 3.68. The number of hydrogen-bond acceptors (Lipinski definition) is 3. The molecule has 0 amide bonds. The minimum atomic E-state index is 0.216. The van der Waals surface area contributed by atoms with Crippen molar-refractivity contribution in [3.63, 3.8) is 0 Å². The van der Waals surface area contributed by atoms with E-state index in [1.165, 1.54) is 21.8 Å². The van der Waals surface area contributed by atoms with Crippen LogP contribution < -0.4 is 5.32 Å². The van der Waals surface area contributed by atoms with Crippen molar-refractivity contribution >= 4 is 11.3 Å². The van der Waals surface area contributed by atoms with Crippen LogP contribution in [-0.2, 0) is 0 Å². The Morgan fingerprint density at radius 3 is 2.45 bits per heavy atom. The Morgan fingerprint density at radius 2 is 1.90 bits per heavy atom. The fourth-order valence-electron chi connectivity index (χ4n) is 2.09. The number of thiazole rings is 1. The van der Waals surface area contributed by atoms with Crippen molar-refractivity contribution in [3.05, 3.63) is 51.5 Å². The summed E-state index contributed by atoms with van der Waals surface area (Å²) < 4.78 is 0. The van der Waals surface area contributed by atoms with E-state index in [1.807, 2.05) is 0 Å². The van der Waals surface area contributed by atoms with Crippen LogP contribution in [0.5, 0.6) is 0 Å². The van der Waals surface area contributed by atoms with Gasteiger partial charge in [0.15, 0.2) is 0 Å². The van der Waals surface area contributed by atoms with Crippen LogP contribution in [0.1, 0.15) is 61.0 Å². The molecule has 0 aliphatic carbocycles. The number of hydrogen-bond donors (Lipinski definition) is 1. The molecule has 1 aromatic heterocycles. The fraction of sp³-hybridized carbons (Fsp3) is 0.471. The maximum Gasteiger partial charge on any atom is 0.114 e. The van der Waals surface area contributed by atoms with Gasteiger partial charge in [-0.25, -0.2) is 4.98 Å². The first-order chi connectivity index (χ1) is 9.61. The van der Waals surface area contributed by atoms with E-state index >= 15 is 0 Å². The summed E-state index contributed by atoms with van der Waals surface area (Å²) in [4.78, 5) is 4.82. The number of nitrogens with one attached hydrogen (secondary N) is 1. The highest BCUT2D eigenvalue weighted by molar-refractivity contribution is 7.09. The lowest BCUT2D eigenvalue weighted by atomic mass is 10.1. The molecule has 2 nitrogen and oxygen atoms in total. The topological polar surface area (TPSA) is 24.9 Å². The SMILES string of the molecule is CCCNC(c1ccc(C)cc1)c1nc(C(C)C)cs1. The second-order valence-electron chi connectivity index (χ2n) is 5.56. The summed E-state index contributed by atoms with van der Waals surface area (Å²) in [5, 5.41) is 6.98. The van der Waals surface area contributed by atoms with Gasteiger partial charge in [-0.15, -0.1) is 11.3 Å². The summed E-state index contributed by atoms with van der Waals surface area (Å²) in [7, 11) is 0. The van der Waals surface area contributed by atoms with Crippen molar-refractivity contribution in [1.82, 2.24) is 10.3 Å². The summed E-state index contributed by atoms with van der Waals surface area (Å²) in [5.74, 6) is 0.491. The van der Waals surface area contributed by atoms with E-state index in [2.05, 4.69) is 62.7 Å². The lowest BCUT2D eigenvalue weighted by Gasteiger charge is -2.17. The van der Waals surface area contributed by atoms with Gasteiger partial charge in [-0.2, -0.15) is 0 Å². The molecule has 3 heteroatoms. The number of rotatable bonds is 6. The molecule has 0 spiro atoms. The Kier molecular flexibility index (Phi) is 5.32. The van der Waals surface area contributed by atoms with Gasteiger partial charge < -0.3 is 5.32 Å². The smallest absolute Gasteiger partial charge is 0.114 e. The van der Waals surface area contributed by atoms with Gasteiger partial charge in [0.05, 0.1) is 11.7 Å². The van der Waals surface area contributed by atoms with E-state index in [9.17, 15) is 0 Å². The molecular formula is C17H24N2S. The number of aromatic nitrogens is 1. The molecule has 2 rings (SSSR count). The van der Waals surface area contributed by atoms with Gasteiger partial charge in [0.1, 0.15) is 5.01 Å². The molecule has 1 heterocycles. The zero-order valence-corrected chi connectivity index (χ0v) is 13.6. The second-order valence-corrected chi connectivity index (χ2v) is 6.45. The predicted molar refractivity (Wildman–Crippen MR) is 87.5 cm³/mol. The first-order valence-electron chi connectivity index (χ1n) is 7.37. The molecule has 0 bridgehead atoms. The van der Waals surface area contributed by atoms with Crippen LogP contribution in [0.2, 0.25) is 0 Å². The molecule has 1 atom stereocenters. The summed E-state index contributed by atoms with van der Waals surface area (Å²) in [6.45, 7) is 9.71. The molecule has 1 unspecified atom stereocenters. The monoisotopic (exact) mass is 288 g/mol. The lowest BCUT2D eigenvalue weighted by molar-refractivity contribution is 0.593. The van der Waals surface area contributed by atoms with Gasteiger partial charge in [-0.05, 0) is 31.4 Å². The maximum absolute atomic E-state index is 4.82. The Balaban J connectivity index is 2.28. The van der Waals surface area contributed by atoms with Crippen LogP contribution in [-0.4, -0.2) is 11.5 Å². The highest BCUT2D eigenvalue weighted by Gasteiger charge is 2.17. The van der Waals surface area contributed by atoms with Crippen LogP contribution in [0.25, 0.3) is 0 Å². The molecule has 1 N–H and O–H groups in total.